The van der Waals surface area contributed by atoms with Gasteiger partial charge in [-0.2, -0.15) is 0 Å². The summed E-state index contributed by atoms with van der Waals surface area (Å²) in [7, 11) is 3.96. The van der Waals surface area contributed by atoms with Gasteiger partial charge in [0.25, 0.3) is 0 Å². The van der Waals surface area contributed by atoms with Crippen molar-refractivity contribution in [3.63, 3.8) is 0 Å². The molecule has 1 aromatic carbocycles. The Hall–Kier alpha value is -0.900. The zero-order valence-corrected chi connectivity index (χ0v) is 13.4. The van der Waals surface area contributed by atoms with Crippen molar-refractivity contribution in [1.29, 1.82) is 0 Å². The Labute approximate surface area is 124 Å². The monoisotopic (exact) mass is 278 g/mol. The summed E-state index contributed by atoms with van der Waals surface area (Å²) < 4.78 is 5.15. The topological polar surface area (TPSA) is 24.5 Å². The van der Waals surface area contributed by atoms with E-state index in [2.05, 4.69) is 61.4 Å². The Bertz CT molecular complexity index is 340. The van der Waals surface area contributed by atoms with Gasteiger partial charge in [0.2, 0.25) is 0 Å². The van der Waals surface area contributed by atoms with Crippen molar-refractivity contribution in [2.24, 2.45) is 5.92 Å². The number of benzene rings is 1. The predicted molar refractivity (Wildman–Crippen MR) is 86.0 cm³/mol. The first-order valence-electron chi connectivity index (χ1n) is 7.60. The van der Waals surface area contributed by atoms with Gasteiger partial charge in [0.1, 0.15) is 0 Å². The fourth-order valence-corrected chi connectivity index (χ4v) is 2.33. The van der Waals surface area contributed by atoms with Crippen LogP contribution in [0.15, 0.2) is 30.3 Å². The molecule has 1 aromatic rings. The van der Waals surface area contributed by atoms with Crippen molar-refractivity contribution < 1.29 is 4.74 Å². The van der Waals surface area contributed by atoms with Crippen LogP contribution in [0.2, 0.25) is 0 Å². The molecule has 0 fully saturated rings. The number of rotatable bonds is 10. The second-order valence-corrected chi connectivity index (χ2v) is 5.81. The van der Waals surface area contributed by atoms with Gasteiger partial charge in [-0.15, -0.1) is 0 Å². The number of nitrogens with zero attached hydrogens (tertiary/aromatic N) is 1. The number of methoxy groups -OCH3 is 1. The van der Waals surface area contributed by atoms with E-state index in [-0.39, 0.29) is 0 Å². The van der Waals surface area contributed by atoms with Gasteiger partial charge in [0, 0.05) is 32.8 Å². The molecule has 0 aromatic heterocycles. The molecule has 0 saturated carbocycles. The molecule has 114 valence electrons. The number of ether oxygens (including phenoxy) is 1. The first kappa shape index (κ1) is 17.2. The maximum Gasteiger partial charge on any atom is 0.0474 e. The Morgan fingerprint density at radius 3 is 2.45 bits per heavy atom. The van der Waals surface area contributed by atoms with Gasteiger partial charge >= 0.3 is 0 Å². The number of hydrogen-bond acceptors (Lipinski definition) is 3. The van der Waals surface area contributed by atoms with Crippen LogP contribution in [0.25, 0.3) is 0 Å². The molecule has 20 heavy (non-hydrogen) atoms. The second kappa shape index (κ2) is 9.92. The van der Waals surface area contributed by atoms with E-state index in [1.807, 2.05) is 0 Å². The average Bonchev–Trinajstić information content (AvgIpc) is 2.44. The lowest BCUT2D eigenvalue weighted by Gasteiger charge is -2.29. The largest absolute Gasteiger partial charge is 0.385 e. The first-order chi connectivity index (χ1) is 9.65. The van der Waals surface area contributed by atoms with Crippen LogP contribution in [-0.4, -0.2) is 45.3 Å². The van der Waals surface area contributed by atoms with E-state index >= 15 is 0 Å². The molecule has 3 nitrogen and oxygen atoms in total. The van der Waals surface area contributed by atoms with Crippen molar-refractivity contribution in [2.75, 3.05) is 40.4 Å². The number of nitrogens with one attached hydrogen (secondary N) is 1. The Morgan fingerprint density at radius 1 is 1.15 bits per heavy atom. The Kier molecular flexibility index (Phi) is 8.51. The normalized spacial score (nSPS) is 13.1. The lowest BCUT2D eigenvalue weighted by Crippen LogP contribution is -2.35. The SMILES string of the molecule is COCCCN(C)C(CNCC(C)C)c1ccccc1. The van der Waals surface area contributed by atoms with Crippen LogP contribution in [0.1, 0.15) is 31.9 Å². The molecule has 0 bridgehead atoms. The second-order valence-electron chi connectivity index (χ2n) is 5.81. The molecule has 1 N–H and O–H groups in total. The molecule has 0 aliphatic rings. The fourth-order valence-electron chi connectivity index (χ4n) is 2.33. The van der Waals surface area contributed by atoms with Crippen LogP contribution in [0.3, 0.4) is 0 Å². The summed E-state index contributed by atoms with van der Waals surface area (Å²) in [4.78, 5) is 2.42. The molecule has 1 atom stereocenters. The van der Waals surface area contributed by atoms with Gasteiger partial charge in [-0.1, -0.05) is 44.2 Å². The van der Waals surface area contributed by atoms with Crippen molar-refractivity contribution >= 4 is 0 Å². The molecular weight excluding hydrogens is 248 g/mol. The van der Waals surface area contributed by atoms with Crippen LogP contribution < -0.4 is 5.32 Å². The zero-order valence-electron chi connectivity index (χ0n) is 13.4. The van der Waals surface area contributed by atoms with Crippen LogP contribution in [0.5, 0.6) is 0 Å². The molecule has 3 heteroatoms. The highest BCUT2D eigenvalue weighted by Gasteiger charge is 2.16. The third-order valence-corrected chi connectivity index (χ3v) is 3.47. The summed E-state index contributed by atoms with van der Waals surface area (Å²) in [5, 5.41) is 3.58. The van der Waals surface area contributed by atoms with E-state index in [1.165, 1.54) is 5.56 Å². The van der Waals surface area contributed by atoms with Crippen LogP contribution in [0, 0.1) is 5.92 Å². The maximum atomic E-state index is 5.15. The summed E-state index contributed by atoms with van der Waals surface area (Å²) in [5.41, 5.74) is 1.38. The van der Waals surface area contributed by atoms with Crippen LogP contribution >= 0.6 is 0 Å². The third-order valence-electron chi connectivity index (χ3n) is 3.47. The quantitative estimate of drug-likeness (QED) is 0.666. The summed E-state index contributed by atoms with van der Waals surface area (Å²) in [6.07, 6.45) is 1.07. The molecule has 0 aliphatic heterocycles. The van der Waals surface area contributed by atoms with E-state index < -0.39 is 0 Å². The third kappa shape index (κ3) is 6.51. The van der Waals surface area contributed by atoms with E-state index in [1.54, 1.807) is 7.11 Å². The van der Waals surface area contributed by atoms with Gasteiger partial charge in [-0.05, 0) is 31.5 Å². The van der Waals surface area contributed by atoms with E-state index in [4.69, 9.17) is 4.74 Å². The molecule has 1 rings (SSSR count). The van der Waals surface area contributed by atoms with Crippen molar-refractivity contribution in [3.8, 4) is 0 Å². The predicted octanol–water partition coefficient (Wildman–Crippen LogP) is 2.94. The lowest BCUT2D eigenvalue weighted by atomic mass is 10.1. The zero-order chi connectivity index (χ0) is 14.8. The summed E-state index contributed by atoms with van der Waals surface area (Å²) in [5.74, 6) is 0.685. The molecule has 1 unspecified atom stereocenters. The van der Waals surface area contributed by atoms with Crippen molar-refractivity contribution in [2.45, 2.75) is 26.3 Å². The highest BCUT2D eigenvalue weighted by Crippen LogP contribution is 2.18. The minimum absolute atomic E-state index is 0.423. The smallest absolute Gasteiger partial charge is 0.0474 e. The van der Waals surface area contributed by atoms with Crippen LogP contribution in [0.4, 0.5) is 0 Å². The van der Waals surface area contributed by atoms with E-state index in [0.717, 1.165) is 32.7 Å². The first-order valence-corrected chi connectivity index (χ1v) is 7.60. The van der Waals surface area contributed by atoms with E-state index in [0.29, 0.717) is 12.0 Å². The van der Waals surface area contributed by atoms with Crippen molar-refractivity contribution in [3.05, 3.63) is 35.9 Å². The number of likely N-dealkylation sites (N-methyl/N-ethyl adjacent to an activating group) is 1. The summed E-state index contributed by atoms with van der Waals surface area (Å²) in [6.45, 7) is 8.42. The fraction of sp³-hybridized carbons (Fsp3) is 0.647. The van der Waals surface area contributed by atoms with Crippen molar-refractivity contribution in [1.82, 2.24) is 10.2 Å². The standard InChI is InChI=1S/C17H30N2O/c1-15(2)13-18-14-17(16-9-6-5-7-10-16)19(3)11-8-12-20-4/h5-7,9-10,15,17-18H,8,11-14H2,1-4H3. The molecule has 0 aliphatic carbocycles. The van der Waals surface area contributed by atoms with Crippen LogP contribution in [-0.2, 0) is 4.74 Å². The molecular formula is C17H30N2O. The highest BCUT2D eigenvalue weighted by molar-refractivity contribution is 5.19. The minimum Gasteiger partial charge on any atom is -0.385 e. The lowest BCUT2D eigenvalue weighted by molar-refractivity contribution is 0.164. The molecule has 0 amide bonds. The molecule has 0 radical (unpaired) electrons. The average molecular weight is 278 g/mol. The molecule has 0 saturated heterocycles. The molecule has 0 spiro atoms. The van der Waals surface area contributed by atoms with Gasteiger partial charge in [0.05, 0.1) is 0 Å². The Balaban J connectivity index is 2.59. The summed E-state index contributed by atoms with van der Waals surface area (Å²) in [6, 6.07) is 11.2. The number of hydrogen-bond donors (Lipinski definition) is 1. The Morgan fingerprint density at radius 2 is 1.85 bits per heavy atom. The van der Waals surface area contributed by atoms with E-state index in [9.17, 15) is 0 Å². The van der Waals surface area contributed by atoms with Gasteiger partial charge < -0.3 is 10.1 Å². The maximum absolute atomic E-state index is 5.15. The van der Waals surface area contributed by atoms with Gasteiger partial charge in [-0.3, -0.25) is 4.90 Å². The van der Waals surface area contributed by atoms with Gasteiger partial charge in [-0.25, -0.2) is 0 Å². The van der Waals surface area contributed by atoms with Gasteiger partial charge in [0.15, 0.2) is 0 Å². The minimum atomic E-state index is 0.423. The molecule has 0 heterocycles. The highest BCUT2D eigenvalue weighted by atomic mass is 16.5. The summed E-state index contributed by atoms with van der Waals surface area (Å²) >= 11 is 0.